The van der Waals surface area contributed by atoms with E-state index in [1.54, 1.807) is 0 Å². The number of aliphatic hydroxyl groups excluding tert-OH is 1. The lowest BCUT2D eigenvalue weighted by Gasteiger charge is -2.37. The molecule has 1 aliphatic heterocycles. The van der Waals surface area contributed by atoms with Crippen molar-refractivity contribution in [2.24, 2.45) is 0 Å². The highest BCUT2D eigenvalue weighted by Gasteiger charge is 2.19. The van der Waals surface area contributed by atoms with Crippen molar-refractivity contribution in [3.05, 3.63) is 101 Å². The predicted octanol–water partition coefficient (Wildman–Crippen LogP) is 4.40. The normalized spacial score (nSPS) is 16.1. The fourth-order valence-corrected chi connectivity index (χ4v) is 4.01. The molecular formula is C25H28N2O. The van der Waals surface area contributed by atoms with E-state index in [1.807, 2.05) is 36.4 Å². The van der Waals surface area contributed by atoms with E-state index in [2.05, 4.69) is 59.2 Å². The van der Waals surface area contributed by atoms with Crippen LogP contribution in [0.3, 0.4) is 0 Å². The highest BCUT2D eigenvalue weighted by Crippen LogP contribution is 2.24. The second-order valence-electron chi connectivity index (χ2n) is 7.61. The lowest BCUT2D eigenvalue weighted by molar-refractivity contribution is 0.219. The number of nitrogens with zero attached hydrogens (tertiary/aromatic N) is 2. The quantitative estimate of drug-likeness (QED) is 0.719. The number of benzene rings is 3. The molecule has 1 atom stereocenters. The molecule has 0 amide bonds. The number of aryl methyl sites for hydroxylation is 1. The van der Waals surface area contributed by atoms with Crippen LogP contribution in [-0.2, 0) is 6.54 Å². The Kier molecular flexibility index (Phi) is 5.75. The summed E-state index contributed by atoms with van der Waals surface area (Å²) in [6.07, 6.45) is -0.570. The Morgan fingerprint density at radius 2 is 1.46 bits per heavy atom. The predicted molar refractivity (Wildman–Crippen MR) is 116 cm³/mol. The number of hydrogen-bond donors (Lipinski definition) is 1. The molecule has 1 unspecified atom stereocenters. The van der Waals surface area contributed by atoms with Crippen LogP contribution >= 0.6 is 0 Å². The summed E-state index contributed by atoms with van der Waals surface area (Å²) in [5, 5.41) is 10.7. The number of para-hydroxylation sites is 1. The molecular weight excluding hydrogens is 344 g/mol. The first kappa shape index (κ1) is 18.7. The molecule has 1 aliphatic rings. The van der Waals surface area contributed by atoms with Crippen molar-refractivity contribution in [2.45, 2.75) is 19.6 Å². The first-order chi connectivity index (χ1) is 13.7. The van der Waals surface area contributed by atoms with Crippen LogP contribution < -0.4 is 4.90 Å². The lowest BCUT2D eigenvalue weighted by Crippen LogP contribution is -2.46. The monoisotopic (exact) mass is 372 g/mol. The molecule has 3 aromatic carbocycles. The van der Waals surface area contributed by atoms with E-state index >= 15 is 0 Å². The molecule has 3 nitrogen and oxygen atoms in total. The van der Waals surface area contributed by atoms with Crippen molar-refractivity contribution >= 4 is 5.69 Å². The smallest absolute Gasteiger partial charge is 0.104 e. The molecule has 0 saturated carbocycles. The van der Waals surface area contributed by atoms with Crippen LogP contribution in [-0.4, -0.2) is 36.2 Å². The number of piperazine rings is 1. The Balaban J connectivity index is 1.39. The molecule has 0 radical (unpaired) electrons. The van der Waals surface area contributed by atoms with Crippen LogP contribution in [0.5, 0.6) is 0 Å². The number of hydrogen-bond acceptors (Lipinski definition) is 3. The largest absolute Gasteiger partial charge is 0.384 e. The number of anilines is 1. The maximum absolute atomic E-state index is 10.7. The van der Waals surface area contributed by atoms with Crippen molar-refractivity contribution in [2.75, 3.05) is 31.1 Å². The summed E-state index contributed by atoms with van der Waals surface area (Å²) < 4.78 is 0. The molecule has 1 fully saturated rings. The molecule has 0 bridgehead atoms. The average molecular weight is 373 g/mol. The molecule has 3 aromatic rings. The van der Waals surface area contributed by atoms with E-state index in [1.165, 1.54) is 16.8 Å². The first-order valence-corrected chi connectivity index (χ1v) is 10.1. The number of rotatable bonds is 5. The molecule has 0 aliphatic carbocycles. The zero-order valence-corrected chi connectivity index (χ0v) is 16.5. The molecule has 1 saturated heterocycles. The zero-order chi connectivity index (χ0) is 19.3. The van der Waals surface area contributed by atoms with E-state index in [4.69, 9.17) is 0 Å². The summed E-state index contributed by atoms with van der Waals surface area (Å²) in [4.78, 5) is 4.99. The van der Waals surface area contributed by atoms with Gasteiger partial charge in [-0.2, -0.15) is 0 Å². The summed E-state index contributed by atoms with van der Waals surface area (Å²) in [6, 6.07) is 26.9. The van der Waals surface area contributed by atoms with Crippen molar-refractivity contribution in [3.63, 3.8) is 0 Å². The SMILES string of the molecule is Cc1ccccc1N1CCN(Cc2cccc(C(O)c3ccccc3)c2)CC1. The molecule has 4 rings (SSSR count). The van der Waals surface area contributed by atoms with Crippen LogP contribution in [0.1, 0.15) is 28.4 Å². The summed E-state index contributed by atoms with van der Waals surface area (Å²) in [5.41, 5.74) is 5.86. The molecule has 28 heavy (non-hydrogen) atoms. The van der Waals surface area contributed by atoms with E-state index in [0.29, 0.717) is 0 Å². The minimum absolute atomic E-state index is 0.570. The maximum atomic E-state index is 10.7. The van der Waals surface area contributed by atoms with Gasteiger partial charge in [-0.05, 0) is 35.2 Å². The topological polar surface area (TPSA) is 26.7 Å². The van der Waals surface area contributed by atoms with Gasteiger partial charge >= 0.3 is 0 Å². The Hall–Kier alpha value is -2.62. The van der Waals surface area contributed by atoms with E-state index < -0.39 is 6.10 Å². The van der Waals surface area contributed by atoms with Gasteiger partial charge in [0.05, 0.1) is 0 Å². The summed E-state index contributed by atoms with van der Waals surface area (Å²) in [7, 11) is 0. The Morgan fingerprint density at radius 3 is 2.21 bits per heavy atom. The van der Waals surface area contributed by atoms with Crippen LogP contribution in [0.25, 0.3) is 0 Å². The minimum atomic E-state index is -0.570. The van der Waals surface area contributed by atoms with E-state index in [-0.39, 0.29) is 0 Å². The second kappa shape index (κ2) is 8.59. The third-order valence-electron chi connectivity index (χ3n) is 5.62. The maximum Gasteiger partial charge on any atom is 0.104 e. The van der Waals surface area contributed by atoms with Gasteiger partial charge in [0.25, 0.3) is 0 Å². The number of aliphatic hydroxyl groups is 1. The van der Waals surface area contributed by atoms with Gasteiger partial charge in [-0.25, -0.2) is 0 Å². The van der Waals surface area contributed by atoms with Crippen LogP contribution in [0.2, 0.25) is 0 Å². The molecule has 1 N–H and O–H groups in total. The molecule has 0 spiro atoms. The van der Waals surface area contributed by atoms with E-state index in [9.17, 15) is 5.11 Å². The summed E-state index contributed by atoms with van der Waals surface area (Å²) in [5.74, 6) is 0. The van der Waals surface area contributed by atoms with Gasteiger partial charge in [-0.15, -0.1) is 0 Å². The van der Waals surface area contributed by atoms with E-state index in [0.717, 1.165) is 43.9 Å². The van der Waals surface area contributed by atoms with Crippen molar-refractivity contribution < 1.29 is 5.11 Å². The molecule has 0 aromatic heterocycles. The second-order valence-corrected chi connectivity index (χ2v) is 7.61. The van der Waals surface area contributed by atoms with Crippen LogP contribution in [0, 0.1) is 6.92 Å². The third kappa shape index (κ3) is 4.27. The fraction of sp³-hybridized carbons (Fsp3) is 0.280. The fourth-order valence-electron chi connectivity index (χ4n) is 4.01. The molecule has 1 heterocycles. The van der Waals surface area contributed by atoms with Gasteiger partial charge in [0.15, 0.2) is 0 Å². The summed E-state index contributed by atoms with van der Waals surface area (Å²) in [6.45, 7) is 7.33. The third-order valence-corrected chi connectivity index (χ3v) is 5.62. The van der Waals surface area contributed by atoms with Crippen molar-refractivity contribution in [1.29, 1.82) is 0 Å². The zero-order valence-electron chi connectivity index (χ0n) is 16.5. The van der Waals surface area contributed by atoms with Gasteiger partial charge in [-0.1, -0.05) is 72.8 Å². The summed E-state index contributed by atoms with van der Waals surface area (Å²) >= 11 is 0. The van der Waals surface area contributed by atoms with Crippen LogP contribution in [0.15, 0.2) is 78.9 Å². The Morgan fingerprint density at radius 1 is 0.786 bits per heavy atom. The lowest BCUT2D eigenvalue weighted by atomic mass is 9.99. The van der Waals surface area contributed by atoms with Crippen LogP contribution in [0.4, 0.5) is 5.69 Å². The van der Waals surface area contributed by atoms with Gasteiger partial charge in [0.1, 0.15) is 6.10 Å². The van der Waals surface area contributed by atoms with Gasteiger partial charge < -0.3 is 10.0 Å². The standard InChI is InChI=1S/C25H28N2O/c1-20-8-5-6-13-24(20)27-16-14-26(15-17-27)19-21-9-7-12-23(18-21)25(28)22-10-3-2-4-11-22/h2-13,18,25,28H,14-17,19H2,1H3. The van der Waals surface area contributed by atoms with Gasteiger partial charge in [0.2, 0.25) is 0 Å². The molecule has 3 heteroatoms. The van der Waals surface area contributed by atoms with Crippen molar-refractivity contribution in [3.8, 4) is 0 Å². The molecule has 144 valence electrons. The Bertz CT molecular complexity index is 901. The highest BCUT2D eigenvalue weighted by atomic mass is 16.3. The highest BCUT2D eigenvalue weighted by molar-refractivity contribution is 5.53. The minimum Gasteiger partial charge on any atom is -0.384 e. The first-order valence-electron chi connectivity index (χ1n) is 10.1. The van der Waals surface area contributed by atoms with Gasteiger partial charge in [0, 0.05) is 38.4 Å². The van der Waals surface area contributed by atoms with Gasteiger partial charge in [-0.3, -0.25) is 4.90 Å². The Labute approximate surface area is 167 Å². The van der Waals surface area contributed by atoms with Crippen molar-refractivity contribution in [1.82, 2.24) is 4.90 Å². The average Bonchev–Trinajstić information content (AvgIpc) is 2.75.